The first-order valence-corrected chi connectivity index (χ1v) is 12.9. The molecule has 9 heteroatoms. The Labute approximate surface area is 214 Å². The molecule has 0 bridgehead atoms. The van der Waals surface area contributed by atoms with E-state index in [0.717, 1.165) is 0 Å². The molecule has 0 saturated heterocycles. The van der Waals surface area contributed by atoms with E-state index in [2.05, 4.69) is 104 Å². The largest absolute Gasteiger partial charge is 0.741 e. The number of halogens is 3. The van der Waals surface area contributed by atoms with Crippen LogP contribution in [0.4, 0.5) is 13.2 Å². The highest BCUT2D eigenvalue weighted by atomic mass is 32.2. The van der Waals surface area contributed by atoms with Gasteiger partial charge in [-0.15, -0.1) is 0 Å². The molecule has 37 heavy (non-hydrogen) atoms. The van der Waals surface area contributed by atoms with Crippen LogP contribution in [-0.2, 0) is 14.9 Å². The molecule has 5 rings (SSSR count). The minimum Gasteiger partial charge on any atom is -0.741 e. The second kappa shape index (κ2) is 9.55. The van der Waals surface area contributed by atoms with Gasteiger partial charge in [0.05, 0.1) is 5.57 Å². The summed E-state index contributed by atoms with van der Waals surface area (Å²) in [6, 6.07) is 28.2. The summed E-state index contributed by atoms with van der Waals surface area (Å²) in [5, 5.41) is 0. The molecule has 1 atom stereocenters. The molecule has 1 heterocycles. The van der Waals surface area contributed by atoms with Crippen molar-refractivity contribution in [3.05, 3.63) is 101 Å². The van der Waals surface area contributed by atoms with Crippen LogP contribution in [0.15, 0.2) is 84.4 Å². The third-order valence-electron chi connectivity index (χ3n) is 6.88. The maximum Gasteiger partial charge on any atom is 0.485 e. The zero-order valence-corrected chi connectivity index (χ0v) is 21.5. The number of nitrogens with zero attached hydrogens (tertiary/aromatic N) is 1. The molecule has 0 aromatic heterocycles. The number of methoxy groups -OCH3 is 1. The summed E-state index contributed by atoms with van der Waals surface area (Å²) in [5.74, 6) is 0. The first-order chi connectivity index (χ1) is 17.3. The Morgan fingerprint density at radius 1 is 0.838 bits per heavy atom. The summed E-state index contributed by atoms with van der Waals surface area (Å²) in [4.78, 5) is 0. The molecule has 3 aromatic rings. The van der Waals surface area contributed by atoms with Crippen molar-refractivity contribution in [3.8, 4) is 11.1 Å². The van der Waals surface area contributed by atoms with Crippen LogP contribution < -0.4 is 0 Å². The second-order valence-corrected chi connectivity index (χ2v) is 10.7. The van der Waals surface area contributed by atoms with Gasteiger partial charge in [-0.25, -0.2) is 13.0 Å². The van der Waals surface area contributed by atoms with Crippen LogP contribution in [0.1, 0.15) is 30.5 Å². The minimum atomic E-state index is -6.09. The van der Waals surface area contributed by atoms with Crippen LogP contribution in [0.5, 0.6) is 0 Å². The van der Waals surface area contributed by atoms with E-state index in [1.165, 1.54) is 44.7 Å². The number of likely N-dealkylation sites (N-methyl/N-ethyl adjacent to an activating group) is 1. The van der Waals surface area contributed by atoms with Crippen molar-refractivity contribution < 1.29 is 35.5 Å². The lowest BCUT2D eigenvalue weighted by atomic mass is 9.85. The lowest BCUT2D eigenvalue weighted by Gasteiger charge is -2.23. The van der Waals surface area contributed by atoms with Crippen LogP contribution in [0.25, 0.3) is 16.7 Å². The molecule has 3 aromatic carbocycles. The summed E-state index contributed by atoms with van der Waals surface area (Å²) >= 11 is 0. The van der Waals surface area contributed by atoms with Crippen LogP contribution in [-0.4, -0.2) is 54.6 Å². The van der Waals surface area contributed by atoms with Gasteiger partial charge in [-0.3, -0.25) is 0 Å². The molecule has 194 valence electrons. The molecule has 0 saturated carbocycles. The number of benzene rings is 3. The van der Waals surface area contributed by atoms with Gasteiger partial charge < -0.3 is 9.29 Å². The van der Waals surface area contributed by atoms with E-state index < -0.39 is 15.6 Å². The van der Waals surface area contributed by atoms with Crippen molar-refractivity contribution in [2.24, 2.45) is 0 Å². The highest BCUT2D eigenvalue weighted by Gasteiger charge is 2.53. The molecule has 1 unspecified atom stereocenters. The van der Waals surface area contributed by atoms with Crippen LogP contribution in [0.3, 0.4) is 0 Å². The highest BCUT2D eigenvalue weighted by molar-refractivity contribution is 7.86. The third-order valence-corrected chi connectivity index (χ3v) is 7.44. The Morgan fingerprint density at radius 2 is 1.24 bits per heavy atom. The molecule has 5 nitrogen and oxygen atoms in total. The molecule has 1 aliphatic heterocycles. The SMILES string of the molecule is COC1C(=C2c3ccccc3-c3ccccc32)C(c2ccccc2)=[N+](C)C1(C)C.O=S(=O)([O-])C(F)(F)F. The molecule has 0 amide bonds. The normalized spacial score (nSPS) is 18.3. The van der Waals surface area contributed by atoms with Gasteiger partial charge in [0.2, 0.25) is 5.71 Å². The topological polar surface area (TPSA) is 69.4 Å². The monoisotopic (exact) mass is 529 g/mol. The fourth-order valence-electron chi connectivity index (χ4n) is 5.03. The van der Waals surface area contributed by atoms with E-state index in [4.69, 9.17) is 17.7 Å². The van der Waals surface area contributed by atoms with Crippen LogP contribution in [0.2, 0.25) is 0 Å². The number of rotatable bonds is 2. The van der Waals surface area contributed by atoms with E-state index in [1.807, 2.05) is 7.11 Å². The van der Waals surface area contributed by atoms with E-state index in [1.54, 1.807) is 0 Å². The summed E-state index contributed by atoms with van der Waals surface area (Å²) in [6.07, 6.45) is -0.0306. The summed E-state index contributed by atoms with van der Waals surface area (Å²) in [7, 11) is -2.07. The minimum absolute atomic E-state index is 0.0306. The number of hydrogen-bond donors (Lipinski definition) is 0. The smallest absolute Gasteiger partial charge is 0.485 e. The second-order valence-electron chi connectivity index (χ2n) is 9.32. The van der Waals surface area contributed by atoms with Gasteiger partial charge in [0.1, 0.15) is 7.05 Å². The van der Waals surface area contributed by atoms with Gasteiger partial charge in [0, 0.05) is 32.1 Å². The van der Waals surface area contributed by atoms with Crippen molar-refractivity contribution >= 4 is 21.4 Å². The van der Waals surface area contributed by atoms with Crippen LogP contribution >= 0.6 is 0 Å². The number of hydrogen-bond acceptors (Lipinski definition) is 4. The number of alkyl halides is 3. The average Bonchev–Trinajstić information content (AvgIpc) is 3.27. The number of fused-ring (bicyclic) bond motifs is 3. The first-order valence-electron chi connectivity index (χ1n) is 11.5. The Hall–Kier alpha value is -3.27. The van der Waals surface area contributed by atoms with Crippen LogP contribution in [0, 0.1) is 0 Å². The first kappa shape index (κ1) is 26.8. The van der Waals surface area contributed by atoms with Gasteiger partial charge in [-0.05, 0) is 34.4 Å². The van der Waals surface area contributed by atoms with Crippen molar-refractivity contribution in [1.82, 2.24) is 0 Å². The Balaban J connectivity index is 0.000000349. The standard InChI is InChI=1S/C27H26NO.CHF3O3S/c1-27(2)26(29-4)24(25(28(27)3)18-12-6-5-7-13-18)23-21-16-10-8-14-19(21)20-15-9-11-17-22(20)23;2-1(3,4)8(5,6)7/h5-17,26H,1-4H3;(H,5,6,7)/q+1;/p-1. The summed E-state index contributed by atoms with van der Waals surface area (Å²) < 4.78 is 67.5. The zero-order valence-electron chi connectivity index (χ0n) is 20.7. The molecular formula is C28H26F3NO4S. The van der Waals surface area contributed by atoms with Gasteiger partial charge >= 0.3 is 5.51 Å². The Bertz CT molecular complexity index is 1460. The quantitative estimate of drug-likeness (QED) is 0.197. The predicted molar refractivity (Wildman–Crippen MR) is 135 cm³/mol. The molecule has 0 fully saturated rings. The summed E-state index contributed by atoms with van der Waals surface area (Å²) in [5.41, 5.74) is 4.47. The van der Waals surface area contributed by atoms with E-state index >= 15 is 0 Å². The highest BCUT2D eigenvalue weighted by Crippen LogP contribution is 2.49. The molecule has 0 spiro atoms. The maximum atomic E-state index is 10.7. The zero-order chi connectivity index (χ0) is 27.2. The fraction of sp³-hybridized carbons (Fsp3) is 0.250. The predicted octanol–water partition coefficient (Wildman–Crippen LogP) is 5.46. The fourth-order valence-corrected chi connectivity index (χ4v) is 5.03. The van der Waals surface area contributed by atoms with Crippen molar-refractivity contribution in [1.29, 1.82) is 0 Å². The van der Waals surface area contributed by atoms with Crippen molar-refractivity contribution in [2.75, 3.05) is 14.2 Å². The van der Waals surface area contributed by atoms with Gasteiger partial charge in [0.25, 0.3) is 0 Å². The Kier molecular flexibility index (Phi) is 6.92. The molecule has 0 radical (unpaired) electrons. The lowest BCUT2D eigenvalue weighted by molar-refractivity contribution is -0.575. The van der Waals surface area contributed by atoms with Gasteiger partial charge in [0.15, 0.2) is 21.8 Å². The summed E-state index contributed by atoms with van der Waals surface area (Å²) in [6.45, 7) is 4.54. The lowest BCUT2D eigenvalue weighted by Crippen LogP contribution is -2.41. The van der Waals surface area contributed by atoms with E-state index in [-0.39, 0.29) is 11.6 Å². The molecular weight excluding hydrogens is 503 g/mol. The average molecular weight is 530 g/mol. The molecule has 1 aliphatic carbocycles. The van der Waals surface area contributed by atoms with Gasteiger partial charge in [-0.2, -0.15) is 13.2 Å². The van der Waals surface area contributed by atoms with Crippen molar-refractivity contribution in [3.63, 3.8) is 0 Å². The number of ether oxygens (including phenoxy) is 1. The third kappa shape index (κ3) is 4.63. The van der Waals surface area contributed by atoms with E-state index in [9.17, 15) is 13.2 Å². The molecule has 0 N–H and O–H groups in total. The van der Waals surface area contributed by atoms with Gasteiger partial charge in [-0.1, -0.05) is 66.7 Å². The molecule has 2 aliphatic rings. The maximum absolute atomic E-state index is 10.7. The van der Waals surface area contributed by atoms with E-state index in [0.29, 0.717) is 0 Å². The Morgan fingerprint density at radius 3 is 1.65 bits per heavy atom. The van der Waals surface area contributed by atoms with Crippen molar-refractivity contribution in [2.45, 2.75) is 31.0 Å².